The number of aromatic nitrogens is 3. The lowest BCUT2D eigenvalue weighted by Crippen LogP contribution is -2.23. The molecule has 0 aliphatic heterocycles. The quantitative estimate of drug-likeness (QED) is 0.720. The number of nitrogens with zero attached hydrogens (tertiary/aromatic N) is 3. The van der Waals surface area contributed by atoms with Crippen molar-refractivity contribution in [2.75, 3.05) is 11.1 Å². The fourth-order valence-corrected chi connectivity index (χ4v) is 3.74. The summed E-state index contributed by atoms with van der Waals surface area (Å²) in [6, 6.07) is 7.55. The number of anilines is 1. The molecule has 136 valence electrons. The van der Waals surface area contributed by atoms with Crippen molar-refractivity contribution in [1.29, 1.82) is 0 Å². The van der Waals surface area contributed by atoms with Crippen LogP contribution in [0.1, 0.15) is 19.9 Å². The highest BCUT2D eigenvalue weighted by atomic mass is 35.5. The van der Waals surface area contributed by atoms with Gasteiger partial charge in [0.2, 0.25) is 5.91 Å². The largest absolute Gasteiger partial charge is 0.324 e. The van der Waals surface area contributed by atoms with E-state index in [9.17, 15) is 13.2 Å². The smallest absolute Gasteiger partial charge is 0.240 e. The molecule has 1 amide bonds. The van der Waals surface area contributed by atoms with E-state index in [4.69, 9.17) is 11.6 Å². The molecule has 2 aromatic heterocycles. The molecule has 0 unspecified atom stereocenters. The van der Waals surface area contributed by atoms with Crippen LogP contribution in [-0.4, -0.2) is 34.8 Å². The number of nitrogens with one attached hydrogen (secondary N) is 1. The lowest BCUT2D eigenvalue weighted by molar-refractivity contribution is -0.113. The first kappa shape index (κ1) is 18.3. The first-order chi connectivity index (χ1) is 12.3. The minimum Gasteiger partial charge on any atom is -0.324 e. The molecule has 7 nitrogen and oxygen atoms in total. The molecule has 1 N–H and O–H groups in total. The van der Waals surface area contributed by atoms with Crippen LogP contribution in [0.2, 0.25) is 5.02 Å². The van der Waals surface area contributed by atoms with E-state index in [-0.39, 0.29) is 10.9 Å². The van der Waals surface area contributed by atoms with Gasteiger partial charge in [-0.05, 0) is 44.2 Å². The van der Waals surface area contributed by atoms with Crippen molar-refractivity contribution in [2.45, 2.75) is 24.8 Å². The van der Waals surface area contributed by atoms with Crippen LogP contribution in [0, 0.1) is 0 Å². The summed E-state index contributed by atoms with van der Waals surface area (Å²) < 4.78 is 26.4. The molecule has 1 aromatic carbocycles. The Labute approximate surface area is 155 Å². The summed E-state index contributed by atoms with van der Waals surface area (Å²) in [7, 11) is -3.75. The van der Waals surface area contributed by atoms with Crippen LogP contribution in [-0.2, 0) is 14.6 Å². The zero-order valence-corrected chi connectivity index (χ0v) is 15.8. The number of halogens is 1. The summed E-state index contributed by atoms with van der Waals surface area (Å²) in [5.41, 5.74) is 1.11. The van der Waals surface area contributed by atoms with Crippen LogP contribution in [0.4, 0.5) is 5.69 Å². The number of sulfone groups is 1. The van der Waals surface area contributed by atoms with E-state index < -0.39 is 21.5 Å². The van der Waals surface area contributed by atoms with E-state index in [1.165, 1.54) is 30.5 Å². The minimum atomic E-state index is -3.75. The molecule has 0 spiro atoms. The number of fused-ring (bicyclic) bond motifs is 1. The van der Waals surface area contributed by atoms with Crippen LogP contribution in [0.3, 0.4) is 0 Å². The monoisotopic (exact) mass is 392 g/mol. The number of carbonyl (C=O) groups excluding carboxylic acids is 1. The molecule has 0 saturated heterocycles. The fourth-order valence-electron chi connectivity index (χ4n) is 2.48. The third kappa shape index (κ3) is 3.86. The summed E-state index contributed by atoms with van der Waals surface area (Å²) in [5.74, 6) is -1.31. The molecule has 0 radical (unpaired) electrons. The van der Waals surface area contributed by atoms with E-state index in [2.05, 4.69) is 15.4 Å². The Bertz CT molecular complexity index is 1060. The van der Waals surface area contributed by atoms with E-state index in [0.29, 0.717) is 16.4 Å². The average molecular weight is 393 g/mol. The standard InChI is InChI=1S/C17H17ClN4O3S/c1-11(2)22-17-12(8-20-22)7-14(9-19-17)21-16(23)10-26(24,25)15-5-3-13(18)4-6-15/h3-9,11H,10H2,1-2H3,(H,21,23). The molecule has 3 aromatic rings. The Morgan fingerprint density at radius 2 is 1.92 bits per heavy atom. The zero-order valence-electron chi connectivity index (χ0n) is 14.2. The van der Waals surface area contributed by atoms with E-state index >= 15 is 0 Å². The average Bonchev–Trinajstić information content (AvgIpc) is 2.98. The second-order valence-corrected chi connectivity index (χ2v) is 8.51. The maximum absolute atomic E-state index is 12.3. The Balaban J connectivity index is 1.75. The second kappa shape index (κ2) is 7.05. The van der Waals surface area contributed by atoms with Gasteiger partial charge in [0.1, 0.15) is 5.75 Å². The molecule has 0 fully saturated rings. The topological polar surface area (TPSA) is 94.0 Å². The van der Waals surface area contributed by atoms with Gasteiger partial charge in [0.25, 0.3) is 0 Å². The molecular formula is C17H17ClN4O3S. The molecule has 3 rings (SSSR count). The minimum absolute atomic E-state index is 0.0452. The maximum Gasteiger partial charge on any atom is 0.240 e. The Morgan fingerprint density at radius 1 is 1.23 bits per heavy atom. The first-order valence-corrected chi connectivity index (χ1v) is 9.91. The Kier molecular flexibility index (Phi) is 4.97. The van der Waals surface area contributed by atoms with Gasteiger partial charge in [-0.2, -0.15) is 5.10 Å². The number of pyridine rings is 1. The van der Waals surface area contributed by atoms with Crippen molar-refractivity contribution in [3.8, 4) is 0 Å². The SMILES string of the molecule is CC(C)n1ncc2cc(NC(=O)CS(=O)(=O)c3ccc(Cl)cc3)cnc21. The van der Waals surface area contributed by atoms with Crippen molar-refractivity contribution in [3.05, 3.63) is 47.7 Å². The predicted octanol–water partition coefficient (Wildman–Crippen LogP) is 3.08. The molecule has 0 aliphatic rings. The van der Waals surface area contributed by atoms with Crippen LogP contribution in [0.15, 0.2) is 47.6 Å². The summed E-state index contributed by atoms with van der Waals surface area (Å²) in [5, 5.41) is 8.01. The predicted molar refractivity (Wildman–Crippen MR) is 100 cm³/mol. The lowest BCUT2D eigenvalue weighted by Gasteiger charge is -2.08. The lowest BCUT2D eigenvalue weighted by atomic mass is 10.3. The zero-order chi connectivity index (χ0) is 18.9. The van der Waals surface area contributed by atoms with Crippen LogP contribution in [0.5, 0.6) is 0 Å². The molecule has 26 heavy (non-hydrogen) atoms. The van der Waals surface area contributed by atoms with Gasteiger partial charge in [-0.1, -0.05) is 11.6 Å². The summed E-state index contributed by atoms with van der Waals surface area (Å²) in [6.07, 6.45) is 3.14. The van der Waals surface area contributed by atoms with E-state index in [0.717, 1.165) is 5.39 Å². The molecular weight excluding hydrogens is 376 g/mol. The number of amides is 1. The number of rotatable bonds is 5. The fraction of sp³-hybridized carbons (Fsp3) is 0.235. The molecule has 2 heterocycles. The van der Waals surface area contributed by atoms with E-state index in [1.54, 1.807) is 16.9 Å². The molecule has 9 heteroatoms. The van der Waals surface area contributed by atoms with Crippen molar-refractivity contribution in [2.24, 2.45) is 0 Å². The highest BCUT2D eigenvalue weighted by molar-refractivity contribution is 7.92. The van der Waals surface area contributed by atoms with E-state index in [1.807, 2.05) is 13.8 Å². The van der Waals surface area contributed by atoms with Crippen molar-refractivity contribution < 1.29 is 13.2 Å². The molecule has 0 saturated carbocycles. The van der Waals surface area contributed by atoms with Gasteiger partial charge in [-0.25, -0.2) is 18.1 Å². The van der Waals surface area contributed by atoms with Gasteiger partial charge in [-0.3, -0.25) is 4.79 Å². The van der Waals surface area contributed by atoms with Gasteiger partial charge in [-0.15, -0.1) is 0 Å². The third-order valence-corrected chi connectivity index (χ3v) is 5.58. The van der Waals surface area contributed by atoms with Gasteiger partial charge in [0.05, 0.1) is 23.0 Å². The van der Waals surface area contributed by atoms with Crippen molar-refractivity contribution in [1.82, 2.24) is 14.8 Å². The van der Waals surface area contributed by atoms with Crippen LogP contribution >= 0.6 is 11.6 Å². The number of hydrogen-bond donors (Lipinski definition) is 1. The second-order valence-electron chi connectivity index (χ2n) is 6.08. The number of benzene rings is 1. The van der Waals surface area contributed by atoms with Gasteiger partial charge >= 0.3 is 0 Å². The van der Waals surface area contributed by atoms with Crippen LogP contribution in [0.25, 0.3) is 11.0 Å². The Morgan fingerprint density at radius 3 is 2.58 bits per heavy atom. The van der Waals surface area contributed by atoms with Gasteiger partial charge in [0, 0.05) is 16.5 Å². The van der Waals surface area contributed by atoms with Crippen molar-refractivity contribution >= 4 is 44.1 Å². The summed E-state index contributed by atoms with van der Waals surface area (Å²) in [4.78, 5) is 16.5. The molecule has 0 bridgehead atoms. The van der Waals surface area contributed by atoms with Crippen LogP contribution < -0.4 is 5.32 Å². The summed E-state index contributed by atoms with van der Waals surface area (Å²) >= 11 is 5.76. The van der Waals surface area contributed by atoms with Gasteiger partial charge in [0.15, 0.2) is 15.5 Å². The summed E-state index contributed by atoms with van der Waals surface area (Å²) in [6.45, 7) is 3.98. The highest BCUT2D eigenvalue weighted by Crippen LogP contribution is 2.20. The molecule has 0 atom stereocenters. The normalized spacial score (nSPS) is 11.8. The van der Waals surface area contributed by atoms with Crippen molar-refractivity contribution in [3.63, 3.8) is 0 Å². The third-order valence-electron chi connectivity index (χ3n) is 3.70. The first-order valence-electron chi connectivity index (χ1n) is 7.88. The molecule has 0 aliphatic carbocycles. The Hall–Kier alpha value is -2.45. The number of hydrogen-bond acceptors (Lipinski definition) is 5. The highest BCUT2D eigenvalue weighted by Gasteiger charge is 2.20. The number of carbonyl (C=O) groups is 1. The van der Waals surface area contributed by atoms with Gasteiger partial charge < -0.3 is 5.32 Å². The maximum atomic E-state index is 12.3.